The number of aliphatic hydroxyl groups is 1. The van der Waals surface area contributed by atoms with E-state index in [-0.39, 0.29) is 6.61 Å². The zero-order valence-electron chi connectivity index (χ0n) is 4.69. The number of aliphatic hydroxyl groups excluding tert-OH is 1. The summed E-state index contributed by atoms with van der Waals surface area (Å²) in [6, 6.07) is 0. The van der Waals surface area contributed by atoms with Crippen LogP contribution in [-0.2, 0) is 0 Å². The molecule has 0 spiro atoms. The largest absolute Gasteiger partial charge is 0.390 e. The summed E-state index contributed by atoms with van der Waals surface area (Å²) < 4.78 is 0.316. The second-order valence-corrected chi connectivity index (χ2v) is 2.90. The molecule has 0 radical (unpaired) electrons. The summed E-state index contributed by atoms with van der Waals surface area (Å²) in [4.78, 5) is 0. The molecular weight excluding hydrogens is 114 g/mol. The van der Waals surface area contributed by atoms with E-state index in [0.29, 0.717) is 10.5 Å². The van der Waals surface area contributed by atoms with Crippen LogP contribution in [0, 0.1) is 0 Å². The van der Waals surface area contributed by atoms with Gasteiger partial charge in [-0.05, 0) is 0 Å². The standard InChI is InChI=1S/C4H11ClNO/c1-6(2,5)3-4-7/h7H,3-4H2,1-2H3/q+1. The highest BCUT2D eigenvalue weighted by atomic mass is 35.5. The highest BCUT2D eigenvalue weighted by molar-refractivity contribution is 6.06. The maximum Gasteiger partial charge on any atom is 0.164 e. The molecule has 0 atom stereocenters. The van der Waals surface area contributed by atoms with E-state index in [1.165, 1.54) is 0 Å². The van der Waals surface area contributed by atoms with Crippen LogP contribution >= 0.6 is 11.8 Å². The molecule has 0 unspecified atom stereocenters. The summed E-state index contributed by atoms with van der Waals surface area (Å²) in [5, 5.41) is 8.30. The molecule has 44 valence electrons. The number of quaternary nitrogens is 1. The smallest absolute Gasteiger partial charge is 0.164 e. The minimum Gasteiger partial charge on any atom is -0.390 e. The Bertz CT molecular complexity index is 50.1. The predicted molar refractivity (Wildman–Crippen MR) is 29.9 cm³/mol. The number of hydrogen-bond acceptors (Lipinski definition) is 1. The molecule has 0 aromatic carbocycles. The minimum absolute atomic E-state index is 0.149. The van der Waals surface area contributed by atoms with Crippen LogP contribution < -0.4 is 0 Å². The molecule has 0 amide bonds. The maximum atomic E-state index is 8.30. The van der Waals surface area contributed by atoms with Crippen LogP contribution in [-0.4, -0.2) is 36.4 Å². The minimum atomic E-state index is 0.149. The Labute approximate surface area is 49.0 Å². The van der Waals surface area contributed by atoms with Crippen molar-refractivity contribution in [2.75, 3.05) is 27.2 Å². The van der Waals surface area contributed by atoms with E-state index in [2.05, 4.69) is 0 Å². The number of rotatable bonds is 2. The van der Waals surface area contributed by atoms with E-state index in [1.807, 2.05) is 14.1 Å². The van der Waals surface area contributed by atoms with Gasteiger partial charge in [0.15, 0.2) is 11.8 Å². The van der Waals surface area contributed by atoms with Gasteiger partial charge in [-0.1, -0.05) is 0 Å². The van der Waals surface area contributed by atoms with Crippen LogP contribution in [0.15, 0.2) is 0 Å². The van der Waals surface area contributed by atoms with E-state index in [9.17, 15) is 0 Å². The zero-order valence-corrected chi connectivity index (χ0v) is 5.44. The van der Waals surface area contributed by atoms with Crippen molar-refractivity contribution < 1.29 is 9.11 Å². The van der Waals surface area contributed by atoms with Gasteiger partial charge in [0.25, 0.3) is 0 Å². The summed E-state index contributed by atoms with van der Waals surface area (Å²) in [5.74, 6) is 0. The van der Waals surface area contributed by atoms with Crippen LogP contribution in [0.25, 0.3) is 0 Å². The third-order valence-electron chi connectivity index (χ3n) is 0.632. The fraction of sp³-hybridized carbons (Fsp3) is 1.00. The fourth-order valence-corrected chi connectivity index (χ4v) is 0.313. The normalized spacial score (nSPS) is 12.0. The van der Waals surface area contributed by atoms with Gasteiger partial charge in [-0.2, -0.15) is 0 Å². The first-order valence-electron chi connectivity index (χ1n) is 2.20. The first-order chi connectivity index (χ1) is 3.06. The SMILES string of the molecule is C[N+](C)(Cl)CCO. The van der Waals surface area contributed by atoms with Gasteiger partial charge < -0.3 is 5.11 Å². The number of nitrogens with zero attached hydrogens (tertiary/aromatic N) is 1. The monoisotopic (exact) mass is 124 g/mol. The molecule has 0 bridgehead atoms. The van der Waals surface area contributed by atoms with Crippen LogP contribution in [0.5, 0.6) is 0 Å². The molecule has 2 nitrogen and oxygen atoms in total. The lowest BCUT2D eigenvalue weighted by molar-refractivity contribution is -0.772. The van der Waals surface area contributed by atoms with Gasteiger partial charge in [-0.15, -0.1) is 0 Å². The summed E-state index contributed by atoms with van der Waals surface area (Å²) in [6.07, 6.45) is 0. The molecule has 0 saturated carbocycles. The van der Waals surface area contributed by atoms with Crippen LogP contribution in [0.2, 0.25) is 0 Å². The molecule has 1 N–H and O–H groups in total. The zero-order chi connectivity index (χ0) is 5.91. The van der Waals surface area contributed by atoms with E-state index in [1.54, 1.807) is 0 Å². The van der Waals surface area contributed by atoms with Crippen LogP contribution in [0.3, 0.4) is 0 Å². The fourth-order valence-electron chi connectivity index (χ4n) is 0.238. The average molecular weight is 125 g/mol. The topological polar surface area (TPSA) is 20.2 Å². The molecule has 0 saturated heterocycles. The first-order valence-corrected chi connectivity index (χ1v) is 2.53. The summed E-state index contributed by atoms with van der Waals surface area (Å²) in [5.41, 5.74) is 0. The second kappa shape index (κ2) is 2.50. The van der Waals surface area contributed by atoms with Crippen LogP contribution in [0.4, 0.5) is 0 Å². The Hall–Kier alpha value is 0.210. The van der Waals surface area contributed by atoms with Gasteiger partial charge in [0, 0.05) is 0 Å². The Morgan fingerprint density at radius 1 is 1.57 bits per heavy atom. The van der Waals surface area contributed by atoms with Crippen LogP contribution in [0.1, 0.15) is 0 Å². The third-order valence-corrected chi connectivity index (χ3v) is 0.801. The number of likely N-dealkylation sites (N-methyl/N-ethyl adjacent to an activating group) is 1. The molecule has 0 aromatic rings. The molecule has 0 aliphatic heterocycles. The lowest BCUT2D eigenvalue weighted by Gasteiger charge is -2.15. The van der Waals surface area contributed by atoms with Crippen molar-refractivity contribution in [2.45, 2.75) is 0 Å². The highest BCUT2D eigenvalue weighted by Gasteiger charge is 2.07. The Kier molecular flexibility index (Phi) is 2.58. The summed E-state index contributed by atoms with van der Waals surface area (Å²) in [7, 11) is 3.63. The van der Waals surface area contributed by atoms with E-state index in [4.69, 9.17) is 16.9 Å². The lowest BCUT2D eigenvalue weighted by Crippen LogP contribution is -2.30. The van der Waals surface area contributed by atoms with Crippen molar-refractivity contribution in [3.8, 4) is 0 Å². The predicted octanol–water partition coefficient (Wildman–Crippen LogP) is 0.209. The van der Waals surface area contributed by atoms with Crippen molar-refractivity contribution in [3.63, 3.8) is 0 Å². The molecular formula is C4H11ClNO+. The highest BCUT2D eigenvalue weighted by Crippen LogP contribution is 1.98. The van der Waals surface area contributed by atoms with Crippen molar-refractivity contribution in [1.29, 1.82) is 0 Å². The quantitative estimate of drug-likeness (QED) is 0.522. The average Bonchev–Trinajstić information content (AvgIpc) is 1.30. The number of halogens is 1. The maximum absolute atomic E-state index is 8.30. The molecule has 0 rings (SSSR count). The molecule has 0 aliphatic carbocycles. The molecule has 0 aromatic heterocycles. The van der Waals surface area contributed by atoms with E-state index < -0.39 is 0 Å². The van der Waals surface area contributed by atoms with E-state index in [0.717, 1.165) is 0 Å². The van der Waals surface area contributed by atoms with Gasteiger partial charge in [0.1, 0.15) is 6.54 Å². The molecule has 0 heterocycles. The summed E-state index contributed by atoms with van der Waals surface area (Å²) in [6.45, 7) is 0.748. The Balaban J connectivity index is 3.15. The van der Waals surface area contributed by atoms with Crippen molar-refractivity contribution in [1.82, 2.24) is 0 Å². The molecule has 0 aliphatic rings. The Morgan fingerprint density at radius 3 is 2.00 bits per heavy atom. The van der Waals surface area contributed by atoms with Gasteiger partial charge in [0.2, 0.25) is 0 Å². The van der Waals surface area contributed by atoms with Gasteiger partial charge in [-0.25, -0.2) is 4.00 Å². The second-order valence-electron chi connectivity index (χ2n) is 1.98. The number of hydrogen-bond donors (Lipinski definition) is 1. The molecule has 7 heavy (non-hydrogen) atoms. The molecule has 3 heteroatoms. The van der Waals surface area contributed by atoms with Crippen molar-refractivity contribution in [2.24, 2.45) is 0 Å². The Morgan fingerprint density at radius 2 is 2.00 bits per heavy atom. The van der Waals surface area contributed by atoms with Crippen molar-refractivity contribution in [3.05, 3.63) is 0 Å². The van der Waals surface area contributed by atoms with E-state index >= 15 is 0 Å². The van der Waals surface area contributed by atoms with Gasteiger partial charge in [0.05, 0.1) is 20.7 Å². The third kappa shape index (κ3) is 6.21. The van der Waals surface area contributed by atoms with Gasteiger partial charge in [-0.3, -0.25) is 0 Å². The van der Waals surface area contributed by atoms with Gasteiger partial charge >= 0.3 is 0 Å². The summed E-state index contributed by atoms with van der Waals surface area (Å²) >= 11 is 5.61. The molecule has 0 fully saturated rings. The van der Waals surface area contributed by atoms with Crippen molar-refractivity contribution >= 4 is 11.8 Å². The first kappa shape index (κ1) is 7.21. The lowest BCUT2D eigenvalue weighted by atomic mass is 10.6.